The lowest BCUT2D eigenvalue weighted by Gasteiger charge is -2.19. The van der Waals surface area contributed by atoms with Gasteiger partial charge in [-0.25, -0.2) is 4.57 Å². The molecular weight excluding hydrogens is 641 g/mol. The molecular formula is C39H76NO8P. The Bertz CT molecular complexity index is 825. The highest BCUT2D eigenvalue weighted by molar-refractivity contribution is 7.47. The molecule has 3 N–H and O–H groups in total. The van der Waals surface area contributed by atoms with Gasteiger partial charge in [0.15, 0.2) is 6.10 Å². The predicted octanol–water partition coefficient (Wildman–Crippen LogP) is 11.1. The Morgan fingerprint density at radius 2 is 1.02 bits per heavy atom. The van der Waals surface area contributed by atoms with E-state index in [1.165, 1.54) is 103 Å². The molecule has 0 saturated carbocycles. The molecule has 0 rings (SSSR count). The van der Waals surface area contributed by atoms with Crippen molar-refractivity contribution in [2.24, 2.45) is 5.73 Å². The fraction of sp³-hybridized carbons (Fsp3) is 0.897. The van der Waals surface area contributed by atoms with Crippen LogP contribution in [0, 0.1) is 0 Å². The van der Waals surface area contributed by atoms with E-state index in [0.717, 1.165) is 57.8 Å². The molecule has 0 fully saturated rings. The average Bonchev–Trinajstić information content (AvgIpc) is 3.08. The summed E-state index contributed by atoms with van der Waals surface area (Å²) in [6.45, 7) is 3.69. The number of ether oxygens (including phenoxy) is 2. The first-order valence-electron chi connectivity index (χ1n) is 20.2. The fourth-order valence-corrected chi connectivity index (χ4v) is 6.38. The lowest BCUT2D eigenvalue weighted by atomic mass is 10.0. The predicted molar refractivity (Wildman–Crippen MR) is 201 cm³/mol. The van der Waals surface area contributed by atoms with Crippen molar-refractivity contribution in [2.45, 2.75) is 200 Å². The molecule has 0 aromatic carbocycles. The number of hydrogen-bond acceptors (Lipinski definition) is 8. The smallest absolute Gasteiger partial charge is 0.462 e. The second-order valence-corrected chi connectivity index (χ2v) is 15.0. The second-order valence-electron chi connectivity index (χ2n) is 13.5. The van der Waals surface area contributed by atoms with Crippen LogP contribution in [0.15, 0.2) is 12.2 Å². The highest BCUT2D eigenvalue weighted by Crippen LogP contribution is 2.43. The highest BCUT2D eigenvalue weighted by Gasteiger charge is 2.26. The first-order chi connectivity index (χ1) is 23.8. The number of carbonyl (C=O) groups excluding carboxylic acids is 2. The van der Waals surface area contributed by atoms with Crippen molar-refractivity contribution in [3.05, 3.63) is 12.2 Å². The quantitative estimate of drug-likeness (QED) is 0.0277. The topological polar surface area (TPSA) is 134 Å². The van der Waals surface area contributed by atoms with Gasteiger partial charge in [-0.05, 0) is 32.1 Å². The first-order valence-corrected chi connectivity index (χ1v) is 21.7. The van der Waals surface area contributed by atoms with Gasteiger partial charge in [0.2, 0.25) is 0 Å². The molecule has 0 spiro atoms. The number of carbonyl (C=O) groups is 2. The molecule has 2 atom stereocenters. The van der Waals surface area contributed by atoms with Crippen LogP contribution in [-0.4, -0.2) is 49.3 Å². The molecule has 0 aliphatic rings. The molecule has 0 aliphatic heterocycles. The summed E-state index contributed by atoms with van der Waals surface area (Å²) >= 11 is 0. The fourth-order valence-electron chi connectivity index (χ4n) is 5.62. The van der Waals surface area contributed by atoms with Gasteiger partial charge in [0.1, 0.15) is 6.61 Å². The zero-order chi connectivity index (χ0) is 36.1. The number of phosphoric acid groups is 1. The molecule has 0 aromatic heterocycles. The maximum Gasteiger partial charge on any atom is 0.472 e. The Hall–Kier alpha value is -1.25. The SMILES string of the molecule is CCCC/C=C/CCCCCCCC(=O)O[C@@H](COC(=O)CCCCCCCCCCCCCCCCCCC)COP(=O)(O)OCCN. The average molecular weight is 718 g/mol. The van der Waals surface area contributed by atoms with Gasteiger partial charge in [0.25, 0.3) is 0 Å². The molecule has 290 valence electrons. The summed E-state index contributed by atoms with van der Waals surface area (Å²) in [5.74, 6) is -0.832. The molecule has 0 radical (unpaired) electrons. The minimum absolute atomic E-state index is 0.0546. The van der Waals surface area contributed by atoms with Crippen LogP contribution in [0.2, 0.25) is 0 Å². The van der Waals surface area contributed by atoms with E-state index in [4.69, 9.17) is 24.3 Å². The van der Waals surface area contributed by atoms with Crippen LogP contribution in [0.5, 0.6) is 0 Å². The molecule has 49 heavy (non-hydrogen) atoms. The summed E-state index contributed by atoms with van der Waals surface area (Å²) in [5.41, 5.74) is 5.33. The molecule has 10 heteroatoms. The van der Waals surface area contributed by atoms with Crippen molar-refractivity contribution >= 4 is 19.8 Å². The van der Waals surface area contributed by atoms with Gasteiger partial charge in [-0.1, -0.05) is 161 Å². The Labute approximate surface area is 300 Å². The van der Waals surface area contributed by atoms with Gasteiger partial charge in [0, 0.05) is 19.4 Å². The number of nitrogens with two attached hydrogens (primary N) is 1. The minimum atomic E-state index is -4.37. The third-order valence-electron chi connectivity index (χ3n) is 8.65. The molecule has 0 aliphatic carbocycles. The van der Waals surface area contributed by atoms with Gasteiger partial charge in [-0.2, -0.15) is 0 Å². The monoisotopic (exact) mass is 718 g/mol. The highest BCUT2D eigenvalue weighted by atomic mass is 31.2. The normalized spacial score (nSPS) is 13.5. The van der Waals surface area contributed by atoms with Crippen LogP contribution in [-0.2, 0) is 32.7 Å². The third kappa shape index (κ3) is 36.3. The number of phosphoric ester groups is 1. The van der Waals surface area contributed by atoms with Gasteiger partial charge in [-0.3, -0.25) is 18.6 Å². The molecule has 0 bridgehead atoms. The number of unbranched alkanes of at least 4 members (excludes halogenated alkanes) is 23. The number of hydrogen-bond donors (Lipinski definition) is 2. The molecule has 0 saturated heterocycles. The molecule has 0 heterocycles. The van der Waals surface area contributed by atoms with Gasteiger partial charge in [0.05, 0.1) is 13.2 Å². The lowest BCUT2D eigenvalue weighted by Crippen LogP contribution is -2.29. The maximum absolute atomic E-state index is 12.5. The van der Waals surface area contributed by atoms with Gasteiger partial charge < -0.3 is 20.1 Å². The van der Waals surface area contributed by atoms with Crippen molar-refractivity contribution in [1.29, 1.82) is 0 Å². The van der Waals surface area contributed by atoms with Gasteiger partial charge in [-0.15, -0.1) is 0 Å². The van der Waals surface area contributed by atoms with Crippen molar-refractivity contribution < 1.29 is 37.6 Å². The van der Waals surface area contributed by atoms with Crippen molar-refractivity contribution in [1.82, 2.24) is 0 Å². The van der Waals surface area contributed by atoms with Crippen LogP contribution in [0.1, 0.15) is 194 Å². The standard InChI is InChI=1S/C39H76NO8P/c1-3-5-7-9-11-13-15-16-17-18-19-20-22-23-25-27-29-31-38(41)45-35-37(36-47-49(43,44)46-34-33-40)48-39(42)32-30-28-26-24-21-14-12-10-8-6-4-2/h10,12,37H,3-9,11,13-36,40H2,1-2H3,(H,43,44)/b12-10+/t37-/m0/s1. The molecule has 9 nitrogen and oxygen atoms in total. The molecule has 0 aromatic rings. The third-order valence-corrected chi connectivity index (χ3v) is 9.64. The van der Waals surface area contributed by atoms with Crippen LogP contribution in [0.25, 0.3) is 0 Å². The van der Waals surface area contributed by atoms with E-state index >= 15 is 0 Å². The molecule has 1 unspecified atom stereocenters. The summed E-state index contributed by atoms with van der Waals surface area (Å²) < 4.78 is 32.7. The van der Waals surface area contributed by atoms with Crippen molar-refractivity contribution in [2.75, 3.05) is 26.4 Å². The van der Waals surface area contributed by atoms with E-state index in [-0.39, 0.29) is 38.6 Å². The van der Waals surface area contributed by atoms with E-state index in [1.807, 2.05) is 0 Å². The number of allylic oxidation sites excluding steroid dienone is 2. The first kappa shape index (κ1) is 47.8. The summed E-state index contributed by atoms with van der Waals surface area (Å²) in [6, 6.07) is 0. The summed E-state index contributed by atoms with van der Waals surface area (Å²) in [6.07, 6.45) is 35.3. The van der Waals surface area contributed by atoms with Crippen LogP contribution in [0.4, 0.5) is 0 Å². The zero-order valence-electron chi connectivity index (χ0n) is 31.7. The van der Waals surface area contributed by atoms with Crippen molar-refractivity contribution in [3.63, 3.8) is 0 Å². The largest absolute Gasteiger partial charge is 0.472 e. The Balaban J connectivity index is 4.12. The van der Waals surface area contributed by atoms with Crippen molar-refractivity contribution in [3.8, 4) is 0 Å². The number of esters is 2. The Morgan fingerprint density at radius 1 is 0.592 bits per heavy atom. The van der Waals surface area contributed by atoms with E-state index in [1.54, 1.807) is 0 Å². The lowest BCUT2D eigenvalue weighted by molar-refractivity contribution is -0.161. The van der Waals surface area contributed by atoms with Crippen LogP contribution < -0.4 is 5.73 Å². The van der Waals surface area contributed by atoms with Gasteiger partial charge >= 0.3 is 19.8 Å². The second kappa shape index (κ2) is 36.5. The summed E-state index contributed by atoms with van der Waals surface area (Å²) in [7, 11) is -4.37. The van der Waals surface area contributed by atoms with E-state index in [2.05, 4.69) is 26.0 Å². The number of rotatable bonds is 38. The zero-order valence-corrected chi connectivity index (χ0v) is 32.6. The Kier molecular flexibility index (Phi) is 35.6. The van der Waals surface area contributed by atoms with E-state index in [0.29, 0.717) is 6.42 Å². The summed E-state index contributed by atoms with van der Waals surface area (Å²) in [5, 5.41) is 0. The summed E-state index contributed by atoms with van der Waals surface area (Å²) in [4.78, 5) is 34.7. The minimum Gasteiger partial charge on any atom is -0.462 e. The van der Waals surface area contributed by atoms with Crippen LogP contribution in [0.3, 0.4) is 0 Å². The Morgan fingerprint density at radius 3 is 1.51 bits per heavy atom. The van der Waals surface area contributed by atoms with E-state index < -0.39 is 26.5 Å². The van der Waals surface area contributed by atoms with Crippen LogP contribution >= 0.6 is 7.82 Å². The van der Waals surface area contributed by atoms with E-state index in [9.17, 15) is 19.0 Å². The molecule has 0 amide bonds. The maximum atomic E-state index is 12.5.